The molecule has 0 spiro atoms. The van der Waals surface area contributed by atoms with Gasteiger partial charge in [0.1, 0.15) is 9.88 Å². The normalized spacial score (nSPS) is 12.8. The van der Waals surface area contributed by atoms with Crippen LogP contribution in [0.15, 0.2) is 0 Å². The van der Waals surface area contributed by atoms with E-state index in [-0.39, 0.29) is 22.9 Å². The molecule has 0 saturated heterocycles. The molecule has 7 heteroatoms. The standard InChI is InChI=1S/C14H23N3O3S/c1-8(14(3,4)5)6-15-13(20)16-7-10-17-9(2)11(21-10)12(18)19/h8H,6-7H2,1-5H3,(H,18,19)(H2,15,16,20). The van der Waals surface area contributed by atoms with Crippen molar-refractivity contribution < 1.29 is 14.7 Å². The van der Waals surface area contributed by atoms with Crippen molar-refractivity contribution in [2.75, 3.05) is 6.54 Å². The van der Waals surface area contributed by atoms with Crippen LogP contribution in [0, 0.1) is 18.3 Å². The minimum absolute atomic E-state index is 0.135. The first-order valence-electron chi connectivity index (χ1n) is 6.82. The number of carbonyl (C=O) groups is 2. The number of hydrogen-bond donors (Lipinski definition) is 3. The largest absolute Gasteiger partial charge is 0.477 e. The van der Waals surface area contributed by atoms with Crippen molar-refractivity contribution >= 4 is 23.3 Å². The topological polar surface area (TPSA) is 91.3 Å². The lowest BCUT2D eigenvalue weighted by Crippen LogP contribution is -2.39. The van der Waals surface area contributed by atoms with Crippen LogP contribution in [0.5, 0.6) is 0 Å². The summed E-state index contributed by atoms with van der Waals surface area (Å²) in [5.74, 6) is -0.635. The molecule has 1 unspecified atom stereocenters. The Hall–Kier alpha value is -1.63. The maximum Gasteiger partial charge on any atom is 0.347 e. The first kappa shape index (κ1) is 17.4. The molecule has 1 atom stereocenters. The van der Waals surface area contributed by atoms with E-state index in [1.165, 1.54) is 0 Å². The SMILES string of the molecule is Cc1nc(CNC(=O)NCC(C)C(C)(C)C)sc1C(=O)O. The fraction of sp³-hybridized carbons (Fsp3) is 0.643. The number of carboxylic acid groups (broad SMARTS) is 1. The van der Waals surface area contributed by atoms with Gasteiger partial charge in [-0.15, -0.1) is 11.3 Å². The van der Waals surface area contributed by atoms with Crippen LogP contribution in [0.4, 0.5) is 4.79 Å². The third-order valence-corrected chi connectivity index (χ3v) is 4.63. The highest BCUT2D eigenvalue weighted by molar-refractivity contribution is 7.13. The number of hydrogen-bond acceptors (Lipinski definition) is 4. The van der Waals surface area contributed by atoms with Crippen LogP contribution in [-0.2, 0) is 6.54 Å². The zero-order valence-electron chi connectivity index (χ0n) is 13.1. The summed E-state index contributed by atoms with van der Waals surface area (Å²) >= 11 is 1.09. The predicted octanol–water partition coefficient (Wildman–Crippen LogP) is 2.63. The summed E-state index contributed by atoms with van der Waals surface area (Å²) in [6, 6.07) is -0.268. The van der Waals surface area contributed by atoms with Gasteiger partial charge in [-0.05, 0) is 18.3 Å². The number of aryl methyl sites for hydroxylation is 1. The molecular formula is C14H23N3O3S. The lowest BCUT2D eigenvalue weighted by molar-refractivity contribution is 0.0701. The van der Waals surface area contributed by atoms with Crippen molar-refractivity contribution in [2.24, 2.45) is 11.3 Å². The minimum Gasteiger partial charge on any atom is -0.477 e. The van der Waals surface area contributed by atoms with Crippen molar-refractivity contribution in [2.45, 2.75) is 41.2 Å². The number of nitrogens with zero attached hydrogens (tertiary/aromatic N) is 1. The smallest absolute Gasteiger partial charge is 0.347 e. The fourth-order valence-corrected chi connectivity index (χ4v) is 2.34. The Kier molecular flexibility index (Phi) is 5.71. The molecule has 1 heterocycles. The van der Waals surface area contributed by atoms with Crippen molar-refractivity contribution in [3.05, 3.63) is 15.6 Å². The predicted molar refractivity (Wildman–Crippen MR) is 82.7 cm³/mol. The fourth-order valence-electron chi connectivity index (χ4n) is 1.50. The maximum atomic E-state index is 11.7. The van der Waals surface area contributed by atoms with E-state index in [1.54, 1.807) is 6.92 Å². The molecule has 6 nitrogen and oxygen atoms in total. The van der Waals surface area contributed by atoms with Gasteiger partial charge >= 0.3 is 12.0 Å². The van der Waals surface area contributed by atoms with Crippen LogP contribution in [0.2, 0.25) is 0 Å². The van der Waals surface area contributed by atoms with Crippen molar-refractivity contribution in [1.29, 1.82) is 0 Å². The summed E-state index contributed by atoms with van der Waals surface area (Å²) in [6.45, 7) is 10.9. The molecule has 0 fully saturated rings. The minimum atomic E-state index is -0.986. The Labute approximate surface area is 129 Å². The number of thiazole rings is 1. The molecule has 0 aliphatic heterocycles. The molecule has 0 bridgehead atoms. The van der Waals surface area contributed by atoms with E-state index in [1.807, 2.05) is 0 Å². The van der Waals surface area contributed by atoms with Gasteiger partial charge in [0.25, 0.3) is 0 Å². The van der Waals surface area contributed by atoms with Gasteiger partial charge < -0.3 is 15.7 Å². The van der Waals surface area contributed by atoms with E-state index in [4.69, 9.17) is 5.11 Å². The summed E-state index contributed by atoms with van der Waals surface area (Å²) in [4.78, 5) is 27.0. The van der Waals surface area contributed by atoms with E-state index in [9.17, 15) is 9.59 Å². The molecule has 118 valence electrons. The molecule has 0 radical (unpaired) electrons. The number of urea groups is 1. The Bertz CT molecular complexity index is 520. The molecule has 1 rings (SSSR count). The van der Waals surface area contributed by atoms with Gasteiger partial charge in [0.2, 0.25) is 0 Å². The van der Waals surface area contributed by atoms with Gasteiger partial charge in [0.05, 0.1) is 12.2 Å². The number of aromatic nitrogens is 1. The highest BCUT2D eigenvalue weighted by Gasteiger charge is 2.20. The Morgan fingerprint density at radius 2 is 1.95 bits per heavy atom. The first-order chi connectivity index (χ1) is 9.61. The maximum absolute atomic E-state index is 11.7. The molecule has 3 N–H and O–H groups in total. The van der Waals surface area contributed by atoms with Crippen molar-refractivity contribution in [3.63, 3.8) is 0 Å². The zero-order chi connectivity index (χ0) is 16.2. The molecular weight excluding hydrogens is 290 g/mol. The second kappa shape index (κ2) is 6.89. The van der Waals surface area contributed by atoms with Gasteiger partial charge in [-0.1, -0.05) is 27.7 Å². The number of nitrogens with one attached hydrogen (secondary N) is 2. The summed E-state index contributed by atoms with van der Waals surface area (Å²) in [5, 5.41) is 15.0. The second-order valence-corrected chi connectivity index (χ2v) is 7.24. The third kappa shape index (κ3) is 5.34. The number of amides is 2. The highest BCUT2D eigenvalue weighted by Crippen LogP contribution is 2.24. The van der Waals surface area contributed by atoms with Gasteiger partial charge in [-0.3, -0.25) is 0 Å². The van der Waals surface area contributed by atoms with E-state index >= 15 is 0 Å². The number of aromatic carboxylic acids is 1. The van der Waals surface area contributed by atoms with Crippen molar-refractivity contribution in [3.8, 4) is 0 Å². The van der Waals surface area contributed by atoms with E-state index in [0.717, 1.165) is 11.3 Å². The molecule has 0 aliphatic carbocycles. The summed E-state index contributed by atoms with van der Waals surface area (Å²) in [5.41, 5.74) is 0.613. The second-order valence-electron chi connectivity index (χ2n) is 6.16. The number of rotatable bonds is 5. The lowest BCUT2D eigenvalue weighted by atomic mass is 9.82. The molecule has 0 aromatic carbocycles. The van der Waals surface area contributed by atoms with Crippen LogP contribution in [0.1, 0.15) is 48.1 Å². The van der Waals surface area contributed by atoms with Crippen molar-refractivity contribution in [1.82, 2.24) is 15.6 Å². The Morgan fingerprint density at radius 3 is 2.43 bits per heavy atom. The van der Waals surface area contributed by atoms with E-state index in [0.29, 0.717) is 23.2 Å². The molecule has 1 aromatic heterocycles. The molecule has 0 aliphatic rings. The van der Waals surface area contributed by atoms with Crippen LogP contribution in [0.3, 0.4) is 0 Å². The number of carboxylic acids is 1. The van der Waals surface area contributed by atoms with Crippen LogP contribution in [-0.4, -0.2) is 28.6 Å². The monoisotopic (exact) mass is 313 g/mol. The third-order valence-electron chi connectivity index (χ3n) is 3.48. The zero-order valence-corrected chi connectivity index (χ0v) is 13.9. The van der Waals surface area contributed by atoms with Gasteiger partial charge in [-0.2, -0.15) is 0 Å². The van der Waals surface area contributed by atoms with Gasteiger partial charge in [-0.25, -0.2) is 14.6 Å². The summed E-state index contributed by atoms with van der Waals surface area (Å²) in [6.07, 6.45) is 0. The highest BCUT2D eigenvalue weighted by atomic mass is 32.1. The van der Waals surface area contributed by atoms with E-state index in [2.05, 4.69) is 43.3 Å². The molecule has 2 amide bonds. The van der Waals surface area contributed by atoms with E-state index < -0.39 is 5.97 Å². The Balaban J connectivity index is 2.43. The quantitative estimate of drug-likeness (QED) is 0.779. The lowest BCUT2D eigenvalue weighted by Gasteiger charge is -2.27. The van der Waals surface area contributed by atoms with Crippen LogP contribution in [0.25, 0.3) is 0 Å². The number of carbonyl (C=O) groups excluding carboxylic acids is 1. The summed E-state index contributed by atoms with van der Waals surface area (Å²) in [7, 11) is 0. The first-order valence-corrected chi connectivity index (χ1v) is 7.64. The summed E-state index contributed by atoms with van der Waals surface area (Å²) < 4.78 is 0. The van der Waals surface area contributed by atoms with Gasteiger partial charge in [0, 0.05) is 6.54 Å². The molecule has 0 saturated carbocycles. The molecule has 1 aromatic rings. The average molecular weight is 313 g/mol. The average Bonchev–Trinajstić information content (AvgIpc) is 2.73. The molecule has 21 heavy (non-hydrogen) atoms. The van der Waals surface area contributed by atoms with Crippen LogP contribution >= 0.6 is 11.3 Å². The van der Waals surface area contributed by atoms with Crippen LogP contribution < -0.4 is 10.6 Å². The van der Waals surface area contributed by atoms with Gasteiger partial charge in [0.15, 0.2) is 0 Å². The Morgan fingerprint density at radius 1 is 1.33 bits per heavy atom.